The van der Waals surface area contributed by atoms with Crippen molar-refractivity contribution in [2.45, 2.75) is 39.0 Å². The highest BCUT2D eigenvalue weighted by molar-refractivity contribution is 6.13. The maximum Gasteiger partial charge on any atom is 0.234 e. The minimum Gasteiger partial charge on any atom is -0.497 e. The van der Waals surface area contributed by atoms with Crippen LogP contribution >= 0.6 is 0 Å². The Morgan fingerprint density at radius 1 is 1.07 bits per heavy atom. The number of anilines is 1. The third-order valence-corrected chi connectivity index (χ3v) is 5.99. The van der Waals surface area contributed by atoms with E-state index < -0.39 is 5.92 Å². The molecular formula is C25H26N2O3. The number of para-hydroxylation sites is 1. The Morgan fingerprint density at radius 3 is 2.50 bits per heavy atom. The Labute approximate surface area is 176 Å². The lowest BCUT2D eigenvalue weighted by Gasteiger charge is -2.35. The first-order chi connectivity index (χ1) is 14.5. The summed E-state index contributed by atoms with van der Waals surface area (Å²) in [5, 5.41) is 3.06. The molecule has 1 unspecified atom stereocenters. The lowest BCUT2D eigenvalue weighted by atomic mass is 9.71. The van der Waals surface area contributed by atoms with Crippen LogP contribution in [-0.4, -0.2) is 24.5 Å². The summed E-state index contributed by atoms with van der Waals surface area (Å²) in [5.74, 6) is -0.192. The van der Waals surface area contributed by atoms with Gasteiger partial charge in [0.1, 0.15) is 5.75 Å². The highest BCUT2D eigenvalue weighted by Crippen LogP contribution is 2.43. The van der Waals surface area contributed by atoms with Crippen molar-refractivity contribution in [2.75, 3.05) is 12.4 Å². The normalized spacial score (nSPS) is 21.0. The molecule has 2 aromatic rings. The lowest BCUT2D eigenvalue weighted by molar-refractivity contribution is -0.119. The van der Waals surface area contributed by atoms with Crippen LogP contribution in [0, 0.1) is 12.8 Å². The maximum absolute atomic E-state index is 13.5. The molecule has 5 nitrogen and oxygen atoms in total. The van der Waals surface area contributed by atoms with Gasteiger partial charge in [-0.1, -0.05) is 30.3 Å². The molecule has 2 atom stereocenters. The molecule has 5 heteroatoms. The molecule has 0 saturated heterocycles. The van der Waals surface area contributed by atoms with E-state index in [0.717, 1.165) is 46.8 Å². The van der Waals surface area contributed by atoms with Crippen LogP contribution in [0.2, 0.25) is 0 Å². The van der Waals surface area contributed by atoms with Crippen molar-refractivity contribution in [1.82, 2.24) is 0 Å². The minimum absolute atomic E-state index is 0.0991. The predicted molar refractivity (Wildman–Crippen MR) is 118 cm³/mol. The average molecular weight is 402 g/mol. The quantitative estimate of drug-likeness (QED) is 0.797. The van der Waals surface area contributed by atoms with E-state index in [2.05, 4.69) is 5.32 Å². The summed E-state index contributed by atoms with van der Waals surface area (Å²) in [6, 6.07) is 15.3. The Bertz CT molecular complexity index is 1050. The van der Waals surface area contributed by atoms with Crippen molar-refractivity contribution in [3.63, 3.8) is 0 Å². The number of amides is 1. The van der Waals surface area contributed by atoms with Gasteiger partial charge < -0.3 is 10.1 Å². The molecule has 0 radical (unpaired) electrons. The number of ether oxygens (including phenoxy) is 1. The number of carbonyl (C=O) groups excluding carboxylic acids is 2. The monoisotopic (exact) mass is 402 g/mol. The van der Waals surface area contributed by atoms with E-state index in [1.54, 1.807) is 7.11 Å². The average Bonchev–Trinajstić information content (AvgIpc) is 2.74. The van der Waals surface area contributed by atoms with Gasteiger partial charge in [0.25, 0.3) is 0 Å². The van der Waals surface area contributed by atoms with Gasteiger partial charge in [0, 0.05) is 35.0 Å². The number of Topliss-reactive ketones (excluding diaryl/α,β-unsaturated/α-hetero) is 1. The van der Waals surface area contributed by atoms with Crippen molar-refractivity contribution in [3.05, 3.63) is 70.9 Å². The van der Waals surface area contributed by atoms with Crippen LogP contribution in [-0.2, 0) is 9.59 Å². The Hall–Kier alpha value is -3.21. The van der Waals surface area contributed by atoms with Crippen LogP contribution in [0.1, 0.15) is 43.2 Å². The Kier molecular flexibility index (Phi) is 5.53. The van der Waals surface area contributed by atoms with Gasteiger partial charge in [-0.25, -0.2) is 0 Å². The molecule has 1 N–H and O–H groups in total. The number of rotatable bonds is 4. The fraction of sp³-hybridized carbons (Fsp3) is 0.320. The predicted octanol–water partition coefficient (Wildman–Crippen LogP) is 4.82. The second kappa shape index (κ2) is 8.27. The molecule has 1 amide bonds. The standard InChI is InChI=1S/C25H26N2O3/c1-15-7-4-5-8-19(15)27-25(29)22-16(2)26-20-9-6-10-21(28)24(20)23(22)17-11-13-18(30-3)14-12-17/h4-5,7-8,11-14,22-23H,6,9-10H2,1-3H3,(H,27,29)/t22?,23-/m1/s1. The van der Waals surface area contributed by atoms with Gasteiger partial charge in [0.05, 0.1) is 13.0 Å². The van der Waals surface area contributed by atoms with E-state index in [1.165, 1.54) is 0 Å². The van der Waals surface area contributed by atoms with Crippen molar-refractivity contribution < 1.29 is 14.3 Å². The van der Waals surface area contributed by atoms with E-state index in [-0.39, 0.29) is 17.6 Å². The van der Waals surface area contributed by atoms with Gasteiger partial charge in [-0.3, -0.25) is 14.6 Å². The zero-order valence-corrected chi connectivity index (χ0v) is 17.6. The molecule has 0 bridgehead atoms. The second-order valence-corrected chi connectivity index (χ2v) is 7.92. The molecule has 2 aromatic carbocycles. The number of nitrogens with zero attached hydrogens (tertiary/aromatic N) is 1. The number of aryl methyl sites for hydroxylation is 1. The van der Waals surface area contributed by atoms with Crippen molar-refractivity contribution in [3.8, 4) is 5.75 Å². The van der Waals surface area contributed by atoms with Crippen LogP contribution in [0.15, 0.2) is 64.8 Å². The smallest absolute Gasteiger partial charge is 0.234 e. The Balaban J connectivity index is 1.77. The zero-order chi connectivity index (χ0) is 21.3. The lowest BCUT2D eigenvalue weighted by Crippen LogP contribution is -2.39. The van der Waals surface area contributed by atoms with Crippen molar-refractivity contribution in [1.29, 1.82) is 0 Å². The van der Waals surface area contributed by atoms with E-state index in [4.69, 9.17) is 9.73 Å². The van der Waals surface area contributed by atoms with E-state index in [0.29, 0.717) is 12.0 Å². The first-order valence-electron chi connectivity index (χ1n) is 10.3. The fourth-order valence-electron chi connectivity index (χ4n) is 4.44. The van der Waals surface area contributed by atoms with Crippen molar-refractivity contribution >= 4 is 23.1 Å². The zero-order valence-electron chi connectivity index (χ0n) is 17.6. The summed E-state index contributed by atoms with van der Waals surface area (Å²) in [5.41, 5.74) is 4.98. The summed E-state index contributed by atoms with van der Waals surface area (Å²) in [4.78, 5) is 31.1. The van der Waals surface area contributed by atoms with Gasteiger partial charge >= 0.3 is 0 Å². The van der Waals surface area contributed by atoms with Crippen LogP contribution in [0.4, 0.5) is 5.69 Å². The maximum atomic E-state index is 13.5. The molecular weight excluding hydrogens is 376 g/mol. The number of ketones is 1. The molecule has 2 aliphatic rings. The van der Waals surface area contributed by atoms with Crippen LogP contribution in [0.3, 0.4) is 0 Å². The number of allylic oxidation sites excluding steroid dienone is 2. The van der Waals surface area contributed by atoms with E-state index in [1.807, 2.05) is 62.4 Å². The SMILES string of the molecule is COc1ccc([C@H]2C3=C(CCCC3=O)N=C(C)C2C(=O)Nc2ccccc2C)cc1. The second-order valence-electron chi connectivity index (χ2n) is 7.92. The number of nitrogens with one attached hydrogen (secondary N) is 1. The molecule has 1 heterocycles. The highest BCUT2D eigenvalue weighted by atomic mass is 16.5. The van der Waals surface area contributed by atoms with Gasteiger partial charge in [0.2, 0.25) is 5.91 Å². The first-order valence-corrected chi connectivity index (χ1v) is 10.3. The number of aliphatic imine (C=N–C) groups is 1. The molecule has 30 heavy (non-hydrogen) atoms. The summed E-state index contributed by atoms with van der Waals surface area (Å²) in [6.07, 6.45) is 2.09. The summed E-state index contributed by atoms with van der Waals surface area (Å²) >= 11 is 0. The van der Waals surface area contributed by atoms with E-state index in [9.17, 15) is 9.59 Å². The molecule has 154 valence electrons. The van der Waals surface area contributed by atoms with Gasteiger partial charge in [-0.15, -0.1) is 0 Å². The summed E-state index contributed by atoms with van der Waals surface area (Å²) < 4.78 is 5.29. The highest BCUT2D eigenvalue weighted by Gasteiger charge is 2.42. The number of carbonyl (C=O) groups is 2. The molecule has 0 spiro atoms. The van der Waals surface area contributed by atoms with Gasteiger partial charge in [-0.05, 0) is 56.0 Å². The molecule has 1 aliphatic heterocycles. The van der Waals surface area contributed by atoms with Crippen LogP contribution < -0.4 is 10.1 Å². The Morgan fingerprint density at radius 2 is 1.80 bits per heavy atom. The topological polar surface area (TPSA) is 67.8 Å². The van der Waals surface area contributed by atoms with E-state index >= 15 is 0 Å². The summed E-state index contributed by atoms with van der Waals surface area (Å²) in [6.45, 7) is 3.85. The van der Waals surface area contributed by atoms with Crippen LogP contribution in [0.25, 0.3) is 0 Å². The van der Waals surface area contributed by atoms with Crippen LogP contribution in [0.5, 0.6) is 5.75 Å². The molecule has 0 aromatic heterocycles. The number of hydrogen-bond acceptors (Lipinski definition) is 4. The largest absolute Gasteiger partial charge is 0.497 e. The molecule has 0 fully saturated rings. The number of methoxy groups -OCH3 is 1. The third kappa shape index (κ3) is 3.67. The first kappa shape index (κ1) is 20.1. The summed E-state index contributed by atoms with van der Waals surface area (Å²) in [7, 11) is 1.62. The van der Waals surface area contributed by atoms with Crippen molar-refractivity contribution in [2.24, 2.45) is 10.9 Å². The minimum atomic E-state index is -0.543. The number of hydrogen-bond donors (Lipinski definition) is 1. The molecule has 0 saturated carbocycles. The van der Waals surface area contributed by atoms with Gasteiger partial charge in [0.15, 0.2) is 5.78 Å². The fourth-order valence-corrected chi connectivity index (χ4v) is 4.44. The number of benzene rings is 2. The molecule has 1 aliphatic carbocycles. The third-order valence-electron chi connectivity index (χ3n) is 5.99. The molecule has 4 rings (SSSR count). The van der Waals surface area contributed by atoms with Gasteiger partial charge in [-0.2, -0.15) is 0 Å².